The van der Waals surface area contributed by atoms with E-state index in [4.69, 9.17) is 0 Å². The number of carbonyl (C=O) groups is 3. The predicted octanol–water partition coefficient (Wildman–Crippen LogP) is -1.34. The van der Waals surface area contributed by atoms with Gasteiger partial charge in [-0.05, 0) is 12.2 Å². The summed E-state index contributed by atoms with van der Waals surface area (Å²) in [6.45, 7) is 0. The first kappa shape index (κ1) is 11.0. The molecule has 0 aromatic rings. The molecule has 9 heteroatoms. The molecule has 0 unspecified atom stereocenters. The quantitative estimate of drug-likeness (QED) is 0.250. The molecule has 80 valence electrons. The van der Waals surface area contributed by atoms with Crippen molar-refractivity contribution < 1.29 is 24.0 Å². The van der Waals surface area contributed by atoms with E-state index < -0.39 is 23.7 Å². The molecular formula is C6H5N3O5S. The zero-order valence-corrected chi connectivity index (χ0v) is 8.21. The summed E-state index contributed by atoms with van der Waals surface area (Å²) in [5.41, 5.74) is -0.617. The van der Waals surface area contributed by atoms with E-state index in [0.29, 0.717) is 0 Å². The van der Waals surface area contributed by atoms with Gasteiger partial charge in [0.2, 0.25) is 5.71 Å². The van der Waals surface area contributed by atoms with Gasteiger partial charge in [-0.1, -0.05) is 5.16 Å². The van der Waals surface area contributed by atoms with Crippen molar-refractivity contribution >= 4 is 41.0 Å². The van der Waals surface area contributed by atoms with Crippen LogP contribution < -0.4 is 10.6 Å². The Hall–Kier alpha value is -2.03. The summed E-state index contributed by atoms with van der Waals surface area (Å²) in [4.78, 5) is 36.7. The predicted molar refractivity (Wildman–Crippen MR) is 49.8 cm³/mol. The van der Waals surface area contributed by atoms with Crippen LogP contribution in [0.25, 0.3) is 0 Å². The molecule has 0 aromatic carbocycles. The van der Waals surface area contributed by atoms with E-state index in [1.165, 1.54) is 0 Å². The number of nitrogens with one attached hydrogen (secondary N) is 2. The van der Waals surface area contributed by atoms with Crippen molar-refractivity contribution in [1.29, 1.82) is 0 Å². The van der Waals surface area contributed by atoms with Crippen molar-refractivity contribution in [1.82, 2.24) is 10.6 Å². The summed E-state index contributed by atoms with van der Waals surface area (Å²) in [7, 11) is 1.05. The van der Waals surface area contributed by atoms with Gasteiger partial charge in [0.15, 0.2) is 5.11 Å². The number of oxime groups is 1. The third-order valence-electron chi connectivity index (χ3n) is 1.26. The van der Waals surface area contributed by atoms with Crippen molar-refractivity contribution in [2.24, 2.45) is 5.16 Å². The second-order valence-corrected chi connectivity index (χ2v) is 2.63. The van der Waals surface area contributed by atoms with Gasteiger partial charge in [0, 0.05) is 0 Å². The Bertz CT molecular complexity index is 355. The summed E-state index contributed by atoms with van der Waals surface area (Å²) in [5, 5.41) is 7.07. The van der Waals surface area contributed by atoms with E-state index in [-0.39, 0.29) is 5.11 Å². The number of hydrogen-bond acceptors (Lipinski definition) is 7. The minimum Gasteiger partial charge on any atom is -0.436 e. The summed E-state index contributed by atoms with van der Waals surface area (Å²) < 4.78 is 4.08. The molecule has 0 bridgehead atoms. The number of nitrogens with zero attached hydrogens (tertiary/aromatic N) is 1. The standard InChI is InChI=1S/C6H5N3O5S/c1-13-6(12)14-9-2-3(10)7-5(15)8-4(2)11/h1H3,(H2,7,8,10,11,15). The highest BCUT2D eigenvalue weighted by Crippen LogP contribution is 1.91. The average Bonchev–Trinajstić information content (AvgIpc) is 2.15. The molecule has 1 rings (SSSR count). The molecule has 0 saturated carbocycles. The van der Waals surface area contributed by atoms with Crippen LogP contribution in [0.4, 0.5) is 4.79 Å². The van der Waals surface area contributed by atoms with E-state index in [9.17, 15) is 14.4 Å². The molecule has 0 atom stereocenters. The number of amides is 2. The Morgan fingerprint density at radius 1 is 1.33 bits per heavy atom. The molecule has 0 aliphatic carbocycles. The number of hydrogen-bond donors (Lipinski definition) is 2. The first-order chi connectivity index (χ1) is 7.04. The maximum absolute atomic E-state index is 11.1. The van der Waals surface area contributed by atoms with Crippen molar-refractivity contribution in [2.75, 3.05) is 7.11 Å². The first-order valence-corrected chi connectivity index (χ1v) is 3.95. The fourth-order valence-corrected chi connectivity index (χ4v) is 0.847. The molecule has 0 spiro atoms. The molecule has 8 nitrogen and oxygen atoms in total. The van der Waals surface area contributed by atoms with E-state index in [1.54, 1.807) is 0 Å². The van der Waals surface area contributed by atoms with E-state index in [1.807, 2.05) is 0 Å². The molecule has 1 heterocycles. The number of methoxy groups -OCH3 is 1. The van der Waals surface area contributed by atoms with Crippen LogP contribution in [-0.2, 0) is 19.2 Å². The minimum absolute atomic E-state index is 0.137. The van der Waals surface area contributed by atoms with E-state index in [2.05, 4.69) is 37.6 Å². The van der Waals surface area contributed by atoms with Gasteiger partial charge < -0.3 is 4.74 Å². The van der Waals surface area contributed by atoms with Gasteiger partial charge in [0.1, 0.15) is 0 Å². The molecule has 2 amide bonds. The van der Waals surface area contributed by atoms with Gasteiger partial charge in [0.25, 0.3) is 11.8 Å². The number of thiocarbonyl (C=S) groups is 1. The number of carbonyl (C=O) groups excluding carboxylic acids is 3. The molecule has 0 radical (unpaired) electrons. The summed E-state index contributed by atoms with van der Waals surface area (Å²) in [6.07, 6.45) is -1.14. The van der Waals surface area contributed by atoms with Crippen LogP contribution in [-0.4, -0.2) is 35.9 Å². The third kappa shape index (κ3) is 2.71. The second-order valence-electron chi connectivity index (χ2n) is 2.22. The fraction of sp³-hybridized carbons (Fsp3) is 0.167. The minimum atomic E-state index is -1.14. The van der Waals surface area contributed by atoms with Gasteiger partial charge in [-0.15, -0.1) is 0 Å². The Kier molecular flexibility index (Phi) is 3.29. The lowest BCUT2D eigenvalue weighted by Gasteiger charge is -2.13. The Morgan fingerprint density at radius 3 is 2.33 bits per heavy atom. The van der Waals surface area contributed by atoms with Crippen LogP contribution >= 0.6 is 12.2 Å². The summed E-state index contributed by atoms with van der Waals surface area (Å²) in [6, 6.07) is 0. The molecule has 15 heavy (non-hydrogen) atoms. The SMILES string of the molecule is COC(=O)ON=C1C(=O)NC(=S)NC1=O. The summed E-state index contributed by atoms with van der Waals surface area (Å²) >= 11 is 4.52. The highest BCUT2D eigenvalue weighted by molar-refractivity contribution is 7.80. The van der Waals surface area contributed by atoms with Crippen LogP contribution in [0.1, 0.15) is 0 Å². The number of rotatable bonds is 1. The normalized spacial score (nSPS) is 15.3. The molecule has 1 saturated heterocycles. The lowest BCUT2D eigenvalue weighted by atomic mass is 10.3. The maximum atomic E-state index is 11.1. The van der Waals surface area contributed by atoms with E-state index in [0.717, 1.165) is 7.11 Å². The topological polar surface area (TPSA) is 106 Å². The third-order valence-corrected chi connectivity index (χ3v) is 1.47. The fourth-order valence-electron chi connectivity index (χ4n) is 0.662. The first-order valence-electron chi connectivity index (χ1n) is 3.54. The van der Waals surface area contributed by atoms with Crippen molar-refractivity contribution in [2.45, 2.75) is 0 Å². The molecule has 1 aliphatic rings. The zero-order chi connectivity index (χ0) is 11.4. The van der Waals surface area contributed by atoms with Gasteiger partial charge in [-0.3, -0.25) is 25.1 Å². The van der Waals surface area contributed by atoms with Crippen molar-refractivity contribution in [3.8, 4) is 0 Å². The van der Waals surface area contributed by atoms with Crippen LogP contribution in [0.3, 0.4) is 0 Å². The Balaban J connectivity index is 2.76. The molecule has 2 N–H and O–H groups in total. The average molecular weight is 231 g/mol. The lowest BCUT2D eigenvalue weighted by Crippen LogP contribution is -2.56. The van der Waals surface area contributed by atoms with E-state index >= 15 is 0 Å². The van der Waals surface area contributed by atoms with Gasteiger partial charge >= 0.3 is 6.16 Å². The Labute approximate surface area is 88.6 Å². The highest BCUT2D eigenvalue weighted by atomic mass is 32.1. The van der Waals surface area contributed by atoms with Crippen molar-refractivity contribution in [3.05, 3.63) is 0 Å². The van der Waals surface area contributed by atoms with Gasteiger partial charge in [0.05, 0.1) is 7.11 Å². The highest BCUT2D eigenvalue weighted by Gasteiger charge is 2.29. The molecular weight excluding hydrogens is 226 g/mol. The van der Waals surface area contributed by atoms with Crippen molar-refractivity contribution in [3.63, 3.8) is 0 Å². The zero-order valence-electron chi connectivity index (χ0n) is 7.40. The van der Waals surface area contributed by atoms with Crippen LogP contribution in [0, 0.1) is 0 Å². The maximum Gasteiger partial charge on any atom is 0.534 e. The molecule has 1 aliphatic heterocycles. The smallest absolute Gasteiger partial charge is 0.436 e. The second kappa shape index (κ2) is 4.46. The number of ether oxygens (including phenoxy) is 1. The largest absolute Gasteiger partial charge is 0.534 e. The summed E-state index contributed by atoms with van der Waals surface area (Å²) in [5.74, 6) is -1.71. The lowest BCUT2D eigenvalue weighted by molar-refractivity contribution is -0.119. The molecule has 0 aromatic heterocycles. The van der Waals surface area contributed by atoms with Crippen LogP contribution in [0.2, 0.25) is 0 Å². The molecule has 1 fully saturated rings. The van der Waals surface area contributed by atoms with Gasteiger partial charge in [-0.25, -0.2) is 4.79 Å². The van der Waals surface area contributed by atoms with Gasteiger partial charge in [-0.2, -0.15) is 0 Å². The van der Waals surface area contributed by atoms with Crippen LogP contribution in [0.15, 0.2) is 5.16 Å². The monoisotopic (exact) mass is 231 g/mol. The van der Waals surface area contributed by atoms with Crippen LogP contribution in [0.5, 0.6) is 0 Å². The Morgan fingerprint density at radius 2 is 1.87 bits per heavy atom.